The molecule has 0 radical (unpaired) electrons. The molecule has 1 aromatic heterocycles. The number of aliphatic imine (C=N–C) groups is 1. The van der Waals surface area contributed by atoms with Crippen LogP contribution in [0.3, 0.4) is 0 Å². The van der Waals surface area contributed by atoms with Gasteiger partial charge < -0.3 is 9.15 Å². The Morgan fingerprint density at radius 1 is 0.730 bits per heavy atom. The molecule has 0 N–H and O–H groups in total. The van der Waals surface area contributed by atoms with Gasteiger partial charge in [0, 0.05) is 22.9 Å². The maximum absolute atomic E-state index is 10.0. The minimum atomic E-state index is 0.258. The smallest absolute Gasteiger partial charge is 0.238 e. The molecule has 176 valence electrons. The van der Waals surface area contributed by atoms with Crippen LogP contribution >= 0.6 is 0 Å². The third-order valence-corrected chi connectivity index (χ3v) is 5.84. The number of nitrogens with zero attached hydrogens (tertiary/aromatic N) is 3. The summed E-state index contributed by atoms with van der Waals surface area (Å²) in [6, 6.07) is 38.7. The number of hydrogen-bond acceptors (Lipinski definition) is 5. The minimum absolute atomic E-state index is 0.258. The number of benzene rings is 4. The van der Waals surface area contributed by atoms with Crippen molar-refractivity contribution >= 4 is 12.1 Å². The van der Waals surface area contributed by atoms with Crippen LogP contribution in [0.4, 0.5) is 5.88 Å². The van der Waals surface area contributed by atoms with E-state index in [1.54, 1.807) is 12.3 Å². The van der Waals surface area contributed by atoms with Crippen LogP contribution in [0, 0.1) is 22.7 Å². The first-order chi connectivity index (χ1) is 18.3. The van der Waals surface area contributed by atoms with Gasteiger partial charge in [0.1, 0.15) is 29.7 Å². The van der Waals surface area contributed by atoms with Gasteiger partial charge in [0.05, 0.1) is 11.6 Å². The number of rotatable bonds is 7. The van der Waals surface area contributed by atoms with Gasteiger partial charge in [-0.1, -0.05) is 78.9 Å². The fourth-order valence-corrected chi connectivity index (χ4v) is 3.99. The van der Waals surface area contributed by atoms with E-state index in [1.807, 2.05) is 103 Å². The average molecular weight is 480 g/mol. The summed E-state index contributed by atoms with van der Waals surface area (Å²) in [4.78, 5) is 4.53. The molecule has 0 aliphatic carbocycles. The molecule has 0 saturated carbocycles. The number of ether oxygens (including phenoxy) is 1. The van der Waals surface area contributed by atoms with E-state index in [0.717, 1.165) is 27.8 Å². The van der Waals surface area contributed by atoms with Crippen LogP contribution in [0.25, 0.3) is 22.5 Å². The second kappa shape index (κ2) is 10.9. The van der Waals surface area contributed by atoms with Crippen LogP contribution in [0.1, 0.15) is 22.3 Å². The lowest BCUT2D eigenvalue weighted by Crippen LogP contribution is -1.98. The van der Waals surface area contributed by atoms with E-state index >= 15 is 0 Å². The van der Waals surface area contributed by atoms with Crippen LogP contribution in [-0.2, 0) is 6.61 Å². The molecular formula is C32H21N3O2. The van der Waals surface area contributed by atoms with Gasteiger partial charge in [0.25, 0.3) is 0 Å². The number of nitriles is 2. The second-order valence-corrected chi connectivity index (χ2v) is 8.22. The molecule has 0 bridgehead atoms. The first-order valence-electron chi connectivity index (χ1n) is 11.7. The molecule has 0 aliphatic heterocycles. The molecule has 1 heterocycles. The predicted octanol–water partition coefficient (Wildman–Crippen LogP) is 7.69. The highest BCUT2D eigenvalue weighted by Gasteiger charge is 2.22. The van der Waals surface area contributed by atoms with Crippen LogP contribution in [0.15, 0.2) is 119 Å². The summed E-state index contributed by atoms with van der Waals surface area (Å²) >= 11 is 0. The van der Waals surface area contributed by atoms with Crippen molar-refractivity contribution in [2.24, 2.45) is 4.99 Å². The summed E-state index contributed by atoms with van der Waals surface area (Å²) in [5.74, 6) is 1.55. The van der Waals surface area contributed by atoms with Crippen molar-refractivity contribution in [2.75, 3.05) is 0 Å². The lowest BCUT2D eigenvalue weighted by atomic mass is 9.98. The molecule has 0 aliphatic rings. The van der Waals surface area contributed by atoms with Gasteiger partial charge in [0.15, 0.2) is 0 Å². The number of furan rings is 1. The Balaban J connectivity index is 1.41. The Labute approximate surface area is 215 Å². The molecule has 37 heavy (non-hydrogen) atoms. The fraction of sp³-hybridized carbons (Fsp3) is 0.0312. The third-order valence-electron chi connectivity index (χ3n) is 5.84. The first kappa shape index (κ1) is 23.4. The molecule has 5 rings (SSSR count). The summed E-state index contributed by atoms with van der Waals surface area (Å²) in [5.41, 5.74) is 5.14. The Kier molecular flexibility index (Phi) is 6.88. The number of hydrogen-bond donors (Lipinski definition) is 0. The topological polar surface area (TPSA) is 82.3 Å². The Hall–Kier alpha value is -5.39. The van der Waals surface area contributed by atoms with E-state index < -0.39 is 0 Å². The van der Waals surface area contributed by atoms with E-state index in [-0.39, 0.29) is 5.88 Å². The van der Waals surface area contributed by atoms with Crippen molar-refractivity contribution in [2.45, 2.75) is 6.61 Å². The molecule has 0 atom stereocenters. The Morgan fingerprint density at radius 2 is 1.38 bits per heavy atom. The monoisotopic (exact) mass is 479 g/mol. The van der Waals surface area contributed by atoms with Crippen molar-refractivity contribution in [1.82, 2.24) is 0 Å². The first-order valence-corrected chi connectivity index (χ1v) is 11.7. The summed E-state index contributed by atoms with van der Waals surface area (Å²) in [6.07, 6.45) is 1.66. The molecule has 4 aromatic carbocycles. The molecule has 0 spiro atoms. The van der Waals surface area contributed by atoms with E-state index in [1.165, 1.54) is 0 Å². The minimum Gasteiger partial charge on any atom is -0.489 e. The van der Waals surface area contributed by atoms with Gasteiger partial charge in [-0.05, 0) is 41.5 Å². The van der Waals surface area contributed by atoms with Gasteiger partial charge in [-0.3, -0.25) is 0 Å². The zero-order valence-electron chi connectivity index (χ0n) is 19.8. The molecule has 5 nitrogen and oxygen atoms in total. The summed E-state index contributed by atoms with van der Waals surface area (Å²) in [5, 5.41) is 19.3. The highest BCUT2D eigenvalue weighted by Crippen LogP contribution is 2.42. The maximum atomic E-state index is 10.0. The molecule has 0 unspecified atom stereocenters. The Bertz CT molecular complexity index is 1620. The molecule has 5 heteroatoms. The molecule has 0 fully saturated rings. The molecule has 0 saturated heterocycles. The van der Waals surface area contributed by atoms with Gasteiger partial charge in [-0.25, -0.2) is 4.99 Å². The zero-order chi connectivity index (χ0) is 25.5. The maximum Gasteiger partial charge on any atom is 0.238 e. The van der Waals surface area contributed by atoms with Crippen LogP contribution < -0.4 is 4.74 Å². The molecule has 5 aromatic rings. The van der Waals surface area contributed by atoms with Crippen LogP contribution in [0.5, 0.6) is 5.75 Å². The highest BCUT2D eigenvalue weighted by molar-refractivity contribution is 5.89. The van der Waals surface area contributed by atoms with E-state index in [4.69, 9.17) is 9.15 Å². The highest BCUT2D eigenvalue weighted by atomic mass is 16.5. The summed E-state index contributed by atoms with van der Waals surface area (Å²) in [7, 11) is 0. The van der Waals surface area contributed by atoms with Crippen LogP contribution in [-0.4, -0.2) is 6.21 Å². The predicted molar refractivity (Wildman–Crippen MR) is 143 cm³/mol. The lowest BCUT2D eigenvalue weighted by molar-refractivity contribution is 0.306. The largest absolute Gasteiger partial charge is 0.489 e. The van der Waals surface area contributed by atoms with Gasteiger partial charge >= 0.3 is 0 Å². The van der Waals surface area contributed by atoms with Crippen molar-refractivity contribution in [3.63, 3.8) is 0 Å². The van der Waals surface area contributed by atoms with Crippen LogP contribution in [0.2, 0.25) is 0 Å². The Morgan fingerprint density at radius 3 is 2.05 bits per heavy atom. The summed E-state index contributed by atoms with van der Waals surface area (Å²) in [6.45, 7) is 0.305. The van der Waals surface area contributed by atoms with Gasteiger partial charge in [-0.15, -0.1) is 0 Å². The standard InChI is InChI=1S/C32H21N3O2/c33-19-26-13-7-8-14-27(26)22-36-28-17-15-23(16-18-28)21-35-32-29(20-34)30(24-9-3-1-4-10-24)31(37-32)25-11-5-2-6-12-25/h1-18,21H,22H2. The van der Waals surface area contributed by atoms with Crippen molar-refractivity contribution in [3.8, 4) is 40.3 Å². The van der Waals surface area contributed by atoms with Crippen molar-refractivity contribution in [1.29, 1.82) is 10.5 Å². The third kappa shape index (κ3) is 5.17. The lowest BCUT2D eigenvalue weighted by Gasteiger charge is -2.07. The quantitative estimate of drug-likeness (QED) is 0.224. The van der Waals surface area contributed by atoms with Gasteiger partial charge in [0.2, 0.25) is 5.88 Å². The van der Waals surface area contributed by atoms with E-state index in [2.05, 4.69) is 17.1 Å². The average Bonchev–Trinajstić information content (AvgIpc) is 3.35. The van der Waals surface area contributed by atoms with E-state index in [0.29, 0.717) is 29.2 Å². The normalized spacial score (nSPS) is 10.6. The van der Waals surface area contributed by atoms with Crippen molar-refractivity contribution in [3.05, 3.63) is 131 Å². The van der Waals surface area contributed by atoms with Crippen molar-refractivity contribution < 1.29 is 9.15 Å². The van der Waals surface area contributed by atoms with Gasteiger partial charge in [-0.2, -0.15) is 10.5 Å². The van der Waals surface area contributed by atoms with E-state index in [9.17, 15) is 10.5 Å². The SMILES string of the molecule is N#Cc1ccccc1COc1ccc(C=Nc2oc(-c3ccccc3)c(-c3ccccc3)c2C#N)cc1. The summed E-state index contributed by atoms with van der Waals surface area (Å²) < 4.78 is 12.0. The second-order valence-electron chi connectivity index (χ2n) is 8.22. The molecular weight excluding hydrogens is 458 g/mol. The zero-order valence-corrected chi connectivity index (χ0v) is 19.8. The fourth-order valence-electron chi connectivity index (χ4n) is 3.99. The molecule has 0 amide bonds.